The molecule has 0 saturated carbocycles. The Morgan fingerprint density at radius 1 is 1.50 bits per heavy atom. The van der Waals surface area contributed by atoms with E-state index in [9.17, 15) is 9.18 Å². The zero-order chi connectivity index (χ0) is 15.1. The number of carbonyl (C=O) groups is 1. The average Bonchev–Trinajstić information content (AvgIpc) is 2.36. The molecule has 0 radical (unpaired) electrons. The highest BCUT2D eigenvalue weighted by Crippen LogP contribution is 2.23. The maximum Gasteiger partial charge on any atom is 0.338 e. The van der Waals surface area contributed by atoms with Gasteiger partial charge in [-0.25, -0.2) is 9.18 Å². The fraction of sp³-hybridized carbons (Fsp3) is 0.500. The van der Waals surface area contributed by atoms with Crippen molar-refractivity contribution in [1.29, 1.82) is 0 Å². The highest BCUT2D eigenvalue weighted by Gasteiger charge is 2.13. The molecule has 4 N–H and O–H groups in total. The number of hydrogen-bond donors (Lipinski definition) is 3. The second-order valence-electron chi connectivity index (χ2n) is 4.97. The predicted molar refractivity (Wildman–Crippen MR) is 76.5 cm³/mol. The Morgan fingerprint density at radius 2 is 2.20 bits per heavy atom. The number of carboxylic acid groups (broad SMARTS) is 1. The second-order valence-corrected chi connectivity index (χ2v) is 4.97. The molecule has 20 heavy (non-hydrogen) atoms. The van der Waals surface area contributed by atoms with Crippen LogP contribution in [0, 0.1) is 11.7 Å². The summed E-state index contributed by atoms with van der Waals surface area (Å²) < 4.78 is 18.9. The van der Waals surface area contributed by atoms with Crippen molar-refractivity contribution < 1.29 is 19.0 Å². The summed E-state index contributed by atoms with van der Waals surface area (Å²) in [6.45, 7) is 6.05. The Hall–Kier alpha value is -1.82. The molecule has 0 fully saturated rings. The van der Waals surface area contributed by atoms with E-state index >= 15 is 0 Å². The van der Waals surface area contributed by atoms with Gasteiger partial charge < -0.3 is 20.9 Å². The summed E-state index contributed by atoms with van der Waals surface area (Å²) in [5.74, 6) is -1.63. The molecule has 1 rings (SSSR count). The molecule has 6 heteroatoms. The summed E-state index contributed by atoms with van der Waals surface area (Å²) in [4.78, 5) is 10.7. The highest BCUT2D eigenvalue weighted by atomic mass is 19.1. The van der Waals surface area contributed by atoms with Gasteiger partial charge in [0.25, 0.3) is 0 Å². The van der Waals surface area contributed by atoms with Gasteiger partial charge in [0, 0.05) is 19.8 Å². The van der Waals surface area contributed by atoms with Crippen molar-refractivity contribution in [2.75, 3.05) is 30.8 Å². The van der Waals surface area contributed by atoms with Crippen LogP contribution in [0.1, 0.15) is 30.6 Å². The standard InChI is InChI=1S/C14H21FN2O3/c1-9(2)8-20-5-3-4-17-13-7-11(15)10(14(18)19)6-12(13)16/h6-7,9,17H,3-5,8,16H2,1-2H3,(H,18,19). The number of hydrogen-bond acceptors (Lipinski definition) is 4. The molecule has 5 nitrogen and oxygen atoms in total. The largest absolute Gasteiger partial charge is 0.478 e. The van der Waals surface area contributed by atoms with Gasteiger partial charge in [-0.05, 0) is 24.5 Å². The Labute approximate surface area is 117 Å². The second kappa shape index (κ2) is 7.69. The zero-order valence-electron chi connectivity index (χ0n) is 11.8. The van der Waals surface area contributed by atoms with Gasteiger partial charge in [-0.1, -0.05) is 13.8 Å². The molecule has 0 aliphatic rings. The molecule has 0 amide bonds. The number of ether oxygens (including phenoxy) is 1. The summed E-state index contributed by atoms with van der Waals surface area (Å²) in [5, 5.41) is 11.7. The summed E-state index contributed by atoms with van der Waals surface area (Å²) in [5.41, 5.74) is 5.88. The van der Waals surface area contributed by atoms with Crippen LogP contribution in [0.3, 0.4) is 0 Å². The maximum absolute atomic E-state index is 13.5. The number of nitrogen functional groups attached to an aromatic ring is 1. The third-order valence-corrected chi connectivity index (χ3v) is 2.60. The van der Waals surface area contributed by atoms with Gasteiger partial charge in [0.15, 0.2) is 0 Å². The zero-order valence-corrected chi connectivity index (χ0v) is 11.8. The van der Waals surface area contributed by atoms with Crippen molar-refractivity contribution in [3.63, 3.8) is 0 Å². The summed E-state index contributed by atoms with van der Waals surface area (Å²) in [6, 6.07) is 2.23. The topological polar surface area (TPSA) is 84.6 Å². The van der Waals surface area contributed by atoms with Crippen LogP contribution in [-0.4, -0.2) is 30.8 Å². The van der Waals surface area contributed by atoms with Crippen LogP contribution >= 0.6 is 0 Å². The molecule has 0 bridgehead atoms. The van der Waals surface area contributed by atoms with Gasteiger partial charge >= 0.3 is 5.97 Å². The SMILES string of the molecule is CC(C)COCCCNc1cc(F)c(C(=O)O)cc1N. The molecule has 0 unspecified atom stereocenters. The first-order chi connectivity index (χ1) is 9.41. The van der Waals surface area contributed by atoms with Crippen LogP contribution in [0.25, 0.3) is 0 Å². The van der Waals surface area contributed by atoms with Crippen LogP contribution in [0.4, 0.5) is 15.8 Å². The Balaban J connectivity index is 2.45. The molecule has 1 aromatic rings. The molecular formula is C14H21FN2O3. The number of benzene rings is 1. The van der Waals surface area contributed by atoms with Crippen molar-refractivity contribution in [2.45, 2.75) is 20.3 Å². The lowest BCUT2D eigenvalue weighted by atomic mass is 10.1. The quantitative estimate of drug-likeness (QED) is 0.504. The fourth-order valence-electron chi connectivity index (χ4n) is 1.62. The van der Waals surface area contributed by atoms with Crippen LogP contribution in [-0.2, 0) is 4.74 Å². The minimum absolute atomic E-state index is 0.215. The lowest BCUT2D eigenvalue weighted by molar-refractivity contribution is 0.0692. The minimum Gasteiger partial charge on any atom is -0.478 e. The van der Waals surface area contributed by atoms with Crippen LogP contribution in [0.5, 0.6) is 0 Å². The van der Waals surface area contributed by atoms with Crippen LogP contribution in [0.15, 0.2) is 12.1 Å². The molecule has 0 aromatic heterocycles. The van der Waals surface area contributed by atoms with Crippen LogP contribution in [0.2, 0.25) is 0 Å². The Morgan fingerprint density at radius 3 is 2.80 bits per heavy atom. The lowest BCUT2D eigenvalue weighted by Crippen LogP contribution is -2.11. The van der Waals surface area contributed by atoms with E-state index in [0.29, 0.717) is 31.4 Å². The van der Waals surface area contributed by atoms with E-state index in [2.05, 4.69) is 19.2 Å². The molecule has 0 heterocycles. The van der Waals surface area contributed by atoms with Crippen LogP contribution < -0.4 is 11.1 Å². The third kappa shape index (κ3) is 5.05. The molecule has 112 valence electrons. The number of aromatic carboxylic acids is 1. The Bertz CT molecular complexity index is 464. The molecular weight excluding hydrogens is 263 g/mol. The van der Waals surface area contributed by atoms with Gasteiger partial charge in [0.05, 0.1) is 16.9 Å². The van der Waals surface area contributed by atoms with Gasteiger partial charge in [0.1, 0.15) is 5.82 Å². The van der Waals surface area contributed by atoms with Gasteiger partial charge in [-0.2, -0.15) is 0 Å². The van der Waals surface area contributed by atoms with E-state index in [-0.39, 0.29) is 5.69 Å². The van der Waals surface area contributed by atoms with Gasteiger partial charge in [-0.3, -0.25) is 0 Å². The number of halogens is 1. The molecule has 0 aliphatic heterocycles. The van der Waals surface area contributed by atoms with Crippen molar-refractivity contribution in [2.24, 2.45) is 5.92 Å². The first-order valence-corrected chi connectivity index (χ1v) is 6.55. The van der Waals surface area contributed by atoms with E-state index < -0.39 is 17.3 Å². The van der Waals surface area contributed by atoms with Gasteiger partial charge in [-0.15, -0.1) is 0 Å². The number of carboxylic acids is 1. The summed E-state index contributed by atoms with van der Waals surface area (Å²) in [6.07, 6.45) is 0.758. The van der Waals surface area contributed by atoms with E-state index in [1.165, 1.54) is 0 Å². The average molecular weight is 284 g/mol. The molecule has 0 atom stereocenters. The molecule has 0 spiro atoms. The van der Waals surface area contributed by atoms with Crippen molar-refractivity contribution in [3.05, 3.63) is 23.5 Å². The van der Waals surface area contributed by atoms with E-state index in [1.807, 2.05) is 0 Å². The minimum atomic E-state index is -1.33. The third-order valence-electron chi connectivity index (χ3n) is 2.60. The monoisotopic (exact) mass is 284 g/mol. The number of rotatable bonds is 8. The summed E-state index contributed by atoms with van der Waals surface area (Å²) in [7, 11) is 0. The molecule has 0 saturated heterocycles. The van der Waals surface area contributed by atoms with E-state index in [0.717, 1.165) is 18.6 Å². The van der Waals surface area contributed by atoms with E-state index in [1.54, 1.807) is 0 Å². The van der Waals surface area contributed by atoms with Crippen molar-refractivity contribution >= 4 is 17.3 Å². The first-order valence-electron chi connectivity index (χ1n) is 6.55. The highest BCUT2D eigenvalue weighted by molar-refractivity contribution is 5.90. The van der Waals surface area contributed by atoms with Gasteiger partial charge in [0.2, 0.25) is 0 Å². The maximum atomic E-state index is 13.5. The fourth-order valence-corrected chi connectivity index (χ4v) is 1.62. The number of anilines is 2. The van der Waals surface area contributed by atoms with Crippen molar-refractivity contribution in [1.82, 2.24) is 0 Å². The molecule has 0 aliphatic carbocycles. The predicted octanol–water partition coefficient (Wildman–Crippen LogP) is 2.58. The normalized spacial score (nSPS) is 10.8. The lowest BCUT2D eigenvalue weighted by Gasteiger charge is -2.11. The smallest absolute Gasteiger partial charge is 0.338 e. The first kappa shape index (κ1) is 16.2. The Kier molecular flexibility index (Phi) is 6.24. The number of nitrogens with two attached hydrogens (primary N) is 1. The number of nitrogens with one attached hydrogen (secondary N) is 1. The van der Waals surface area contributed by atoms with E-state index in [4.69, 9.17) is 15.6 Å². The summed E-state index contributed by atoms with van der Waals surface area (Å²) >= 11 is 0. The molecule has 1 aromatic carbocycles. The van der Waals surface area contributed by atoms with Crippen molar-refractivity contribution in [3.8, 4) is 0 Å².